The number of benzene rings is 2. The number of imide groups is 1. The molecule has 3 aliphatic rings. The summed E-state index contributed by atoms with van der Waals surface area (Å²) in [6, 6.07) is 13.6. The van der Waals surface area contributed by atoms with E-state index in [1.54, 1.807) is 31.2 Å². The van der Waals surface area contributed by atoms with Crippen molar-refractivity contribution in [1.82, 2.24) is 10.2 Å². The van der Waals surface area contributed by atoms with Crippen molar-refractivity contribution in [3.63, 3.8) is 0 Å². The first kappa shape index (κ1) is 19.3. The van der Waals surface area contributed by atoms with Gasteiger partial charge in [-0.3, -0.25) is 19.3 Å². The van der Waals surface area contributed by atoms with Crippen LogP contribution in [0.25, 0.3) is 0 Å². The number of amides is 5. The maximum atomic E-state index is 13.4. The summed E-state index contributed by atoms with van der Waals surface area (Å²) in [5.74, 6) is -1.00. The lowest BCUT2D eigenvalue weighted by Crippen LogP contribution is -2.47. The van der Waals surface area contributed by atoms with Crippen LogP contribution in [0.1, 0.15) is 30.9 Å². The molecule has 0 saturated carbocycles. The number of hydrogen-bond donors (Lipinski definition) is 2. The summed E-state index contributed by atoms with van der Waals surface area (Å²) >= 11 is 0. The van der Waals surface area contributed by atoms with Gasteiger partial charge >= 0.3 is 6.03 Å². The number of rotatable bonds is 2. The Morgan fingerprint density at radius 1 is 1.10 bits per heavy atom. The summed E-state index contributed by atoms with van der Waals surface area (Å²) in [6.07, 6.45) is 1.29. The summed E-state index contributed by atoms with van der Waals surface area (Å²) in [6.45, 7) is 1.39. The molecule has 8 heteroatoms. The minimum Gasteiger partial charge on any atom is -0.324 e. The van der Waals surface area contributed by atoms with E-state index in [0.717, 1.165) is 16.0 Å². The topological polar surface area (TPSA) is 98.8 Å². The van der Waals surface area contributed by atoms with Crippen LogP contribution < -0.4 is 15.5 Å². The lowest BCUT2D eigenvalue weighted by molar-refractivity contribution is -0.134. The van der Waals surface area contributed by atoms with Crippen LogP contribution in [0.4, 0.5) is 16.2 Å². The Morgan fingerprint density at radius 3 is 2.68 bits per heavy atom. The van der Waals surface area contributed by atoms with E-state index in [1.807, 2.05) is 24.3 Å². The molecule has 0 bridgehead atoms. The number of anilines is 2. The highest BCUT2D eigenvalue weighted by atomic mass is 16.2. The first-order valence-corrected chi connectivity index (χ1v) is 10.3. The minimum absolute atomic E-state index is 0.123. The molecule has 0 unspecified atom stereocenters. The second kappa shape index (κ2) is 6.94. The van der Waals surface area contributed by atoms with Gasteiger partial charge < -0.3 is 15.5 Å². The van der Waals surface area contributed by atoms with E-state index in [4.69, 9.17) is 0 Å². The second-order valence-electron chi connectivity index (χ2n) is 8.27. The van der Waals surface area contributed by atoms with E-state index in [1.165, 1.54) is 4.90 Å². The minimum atomic E-state index is -1.10. The van der Waals surface area contributed by atoms with Crippen LogP contribution in [-0.4, -0.2) is 41.2 Å². The van der Waals surface area contributed by atoms with Gasteiger partial charge in [0.25, 0.3) is 5.91 Å². The number of carbonyl (C=O) groups excluding carboxylic acids is 4. The normalized spacial score (nSPS) is 24.5. The molecule has 0 radical (unpaired) electrons. The third-order valence-corrected chi connectivity index (χ3v) is 6.34. The molecular formula is C23H22N4O4. The molecule has 1 aliphatic carbocycles. The molecular weight excluding hydrogens is 396 g/mol. The van der Waals surface area contributed by atoms with E-state index >= 15 is 0 Å². The van der Waals surface area contributed by atoms with Gasteiger partial charge in [-0.2, -0.15) is 0 Å². The van der Waals surface area contributed by atoms with Gasteiger partial charge in [0.15, 0.2) is 0 Å². The standard InChI is InChI=1S/C23H22N4O4/c1-14-12-19(28)24-17-8-4-5-9-18(17)27(14)20(29)13-26-21(30)23(25-22(26)31)11-10-15-6-2-3-7-16(15)23/h2-9,14H,10-13H2,1H3,(H,24,28)(H,25,31)/t14-,23-/m1/s1. The highest BCUT2D eigenvalue weighted by molar-refractivity contribution is 6.12. The Hall–Kier alpha value is -3.68. The molecule has 1 spiro atoms. The maximum absolute atomic E-state index is 13.4. The van der Waals surface area contributed by atoms with Crippen LogP contribution in [0.3, 0.4) is 0 Å². The van der Waals surface area contributed by atoms with Gasteiger partial charge in [-0.1, -0.05) is 36.4 Å². The SMILES string of the molecule is C[C@@H]1CC(=O)Nc2ccccc2N1C(=O)CN1C(=O)N[C@@]2(CCc3ccccc32)C1=O. The lowest BCUT2D eigenvalue weighted by atomic mass is 9.92. The number of hydrogen-bond acceptors (Lipinski definition) is 4. The number of aryl methyl sites for hydroxylation is 1. The van der Waals surface area contributed by atoms with Crippen molar-refractivity contribution >= 4 is 35.1 Å². The van der Waals surface area contributed by atoms with Gasteiger partial charge in [0.2, 0.25) is 11.8 Å². The van der Waals surface area contributed by atoms with Crippen LogP contribution in [-0.2, 0) is 26.3 Å². The van der Waals surface area contributed by atoms with Crippen LogP contribution in [0.2, 0.25) is 0 Å². The van der Waals surface area contributed by atoms with Crippen LogP contribution in [0.15, 0.2) is 48.5 Å². The first-order valence-electron chi connectivity index (χ1n) is 10.3. The number of nitrogens with zero attached hydrogens (tertiary/aromatic N) is 2. The largest absolute Gasteiger partial charge is 0.325 e. The first-order chi connectivity index (χ1) is 14.9. The number of nitrogens with one attached hydrogen (secondary N) is 2. The molecule has 31 heavy (non-hydrogen) atoms. The smallest absolute Gasteiger partial charge is 0.324 e. The molecule has 158 valence electrons. The van der Waals surface area contributed by atoms with Crippen molar-refractivity contribution in [2.24, 2.45) is 0 Å². The average Bonchev–Trinajstić information content (AvgIpc) is 3.17. The molecule has 0 aromatic heterocycles. The van der Waals surface area contributed by atoms with E-state index < -0.39 is 29.4 Å². The van der Waals surface area contributed by atoms with Crippen molar-refractivity contribution in [3.8, 4) is 0 Å². The summed E-state index contributed by atoms with van der Waals surface area (Å²) < 4.78 is 0. The monoisotopic (exact) mass is 418 g/mol. The molecule has 2 aliphatic heterocycles. The van der Waals surface area contributed by atoms with E-state index in [0.29, 0.717) is 24.2 Å². The summed E-state index contributed by atoms with van der Waals surface area (Å²) in [5, 5.41) is 5.65. The van der Waals surface area contributed by atoms with Gasteiger partial charge in [0.05, 0.1) is 11.4 Å². The Morgan fingerprint density at radius 2 is 1.84 bits per heavy atom. The van der Waals surface area contributed by atoms with E-state index in [-0.39, 0.29) is 18.9 Å². The zero-order valence-electron chi connectivity index (χ0n) is 17.1. The number of carbonyl (C=O) groups is 4. The highest BCUT2D eigenvalue weighted by Gasteiger charge is 2.55. The molecule has 2 aromatic carbocycles. The summed E-state index contributed by atoms with van der Waals surface area (Å²) in [5.41, 5.74) is 1.81. The number of fused-ring (bicyclic) bond motifs is 3. The van der Waals surface area contributed by atoms with Crippen molar-refractivity contribution in [1.29, 1.82) is 0 Å². The fourth-order valence-electron chi connectivity index (χ4n) is 4.91. The third-order valence-electron chi connectivity index (χ3n) is 6.34. The van der Waals surface area contributed by atoms with Crippen molar-refractivity contribution < 1.29 is 19.2 Å². The Bertz CT molecular complexity index is 1130. The molecule has 1 saturated heterocycles. The summed E-state index contributed by atoms with van der Waals surface area (Å²) in [4.78, 5) is 54.2. The Labute approximate surface area is 179 Å². The number of urea groups is 1. The molecule has 8 nitrogen and oxygen atoms in total. The average molecular weight is 418 g/mol. The highest BCUT2D eigenvalue weighted by Crippen LogP contribution is 2.41. The zero-order chi connectivity index (χ0) is 21.8. The molecule has 2 aromatic rings. The molecule has 1 fully saturated rings. The molecule has 2 N–H and O–H groups in total. The molecule has 2 heterocycles. The van der Waals surface area contributed by atoms with Crippen molar-refractivity contribution in [2.75, 3.05) is 16.8 Å². The van der Waals surface area contributed by atoms with Crippen molar-refractivity contribution in [2.45, 2.75) is 37.8 Å². The van der Waals surface area contributed by atoms with E-state index in [2.05, 4.69) is 10.6 Å². The molecule has 2 atom stereocenters. The van der Waals surface area contributed by atoms with Crippen LogP contribution in [0, 0.1) is 0 Å². The zero-order valence-corrected chi connectivity index (χ0v) is 17.1. The van der Waals surface area contributed by atoms with Gasteiger partial charge in [-0.05, 0) is 43.0 Å². The Kier molecular flexibility index (Phi) is 4.32. The van der Waals surface area contributed by atoms with Crippen molar-refractivity contribution in [3.05, 3.63) is 59.7 Å². The lowest BCUT2D eigenvalue weighted by Gasteiger charge is -2.29. The number of para-hydroxylation sites is 2. The molecule has 5 rings (SSSR count). The second-order valence-corrected chi connectivity index (χ2v) is 8.27. The van der Waals surface area contributed by atoms with Gasteiger partial charge in [0, 0.05) is 12.5 Å². The third kappa shape index (κ3) is 2.90. The fraction of sp³-hybridized carbons (Fsp3) is 0.304. The fourth-order valence-corrected chi connectivity index (χ4v) is 4.91. The predicted octanol–water partition coefficient (Wildman–Crippen LogP) is 2.14. The van der Waals surface area contributed by atoms with Crippen LogP contribution in [0.5, 0.6) is 0 Å². The van der Waals surface area contributed by atoms with E-state index in [9.17, 15) is 19.2 Å². The summed E-state index contributed by atoms with van der Waals surface area (Å²) in [7, 11) is 0. The van der Waals surface area contributed by atoms with Gasteiger partial charge in [-0.15, -0.1) is 0 Å². The quantitative estimate of drug-likeness (QED) is 0.730. The Balaban J connectivity index is 1.44. The predicted molar refractivity (Wildman–Crippen MR) is 113 cm³/mol. The van der Waals surface area contributed by atoms with Gasteiger partial charge in [0.1, 0.15) is 12.1 Å². The molecule has 5 amide bonds. The maximum Gasteiger partial charge on any atom is 0.325 e. The van der Waals surface area contributed by atoms with Gasteiger partial charge in [-0.25, -0.2) is 4.79 Å². The van der Waals surface area contributed by atoms with Crippen LogP contribution >= 0.6 is 0 Å².